The summed E-state index contributed by atoms with van der Waals surface area (Å²) in [4.78, 5) is 2.52. The predicted molar refractivity (Wildman–Crippen MR) is 292 cm³/mol. The van der Waals surface area contributed by atoms with E-state index in [4.69, 9.17) is 0 Å². The fraction of sp³-hybridized carbons (Fsp3) is 0.206. The van der Waals surface area contributed by atoms with Crippen LogP contribution in [0.1, 0.15) is 123 Å². The highest BCUT2D eigenvalue weighted by molar-refractivity contribution is 5.92. The van der Waals surface area contributed by atoms with E-state index in [2.05, 4.69) is 272 Å². The van der Waals surface area contributed by atoms with Gasteiger partial charge in [-0.25, -0.2) is 0 Å². The van der Waals surface area contributed by atoms with E-state index in [1.54, 1.807) is 0 Å². The molecule has 2 unspecified atom stereocenters. The number of rotatable bonds is 10. The van der Waals surface area contributed by atoms with Gasteiger partial charge in [0.15, 0.2) is 0 Å². The zero-order chi connectivity index (χ0) is 47.5. The van der Waals surface area contributed by atoms with Crippen LogP contribution in [0.15, 0.2) is 218 Å². The summed E-state index contributed by atoms with van der Waals surface area (Å²) in [6.45, 7) is 16.1. The molecule has 11 rings (SSSR count). The van der Waals surface area contributed by atoms with Crippen LogP contribution in [0, 0.1) is 0 Å². The van der Waals surface area contributed by atoms with Crippen molar-refractivity contribution in [2.75, 3.05) is 4.90 Å². The maximum atomic E-state index is 2.52. The van der Waals surface area contributed by atoms with Crippen LogP contribution in [0.4, 0.5) is 17.1 Å². The van der Waals surface area contributed by atoms with Crippen molar-refractivity contribution in [3.63, 3.8) is 0 Å². The van der Waals surface area contributed by atoms with Crippen molar-refractivity contribution in [1.29, 1.82) is 0 Å². The fourth-order valence-electron chi connectivity index (χ4n) is 11.8. The molecular weight excluding hydrogens is 831 g/mol. The topological polar surface area (TPSA) is 3.24 Å². The van der Waals surface area contributed by atoms with E-state index in [1.165, 1.54) is 96.3 Å². The molecule has 0 saturated carbocycles. The second-order valence-corrected chi connectivity index (χ2v) is 21.5. The summed E-state index contributed by atoms with van der Waals surface area (Å²) in [6, 6.07) is 83.6. The zero-order valence-electron chi connectivity index (χ0n) is 41.4. The Balaban J connectivity index is 1.17. The summed E-state index contributed by atoms with van der Waals surface area (Å²) < 4.78 is 0. The Bertz CT molecular complexity index is 3090. The van der Waals surface area contributed by atoms with Crippen LogP contribution in [0.2, 0.25) is 0 Å². The first-order valence-electron chi connectivity index (χ1n) is 25.1. The lowest BCUT2D eigenvalue weighted by molar-refractivity contribution is 0.589. The number of nitrogens with zero attached hydrogens (tertiary/aromatic N) is 1. The largest absolute Gasteiger partial charge is 0.310 e. The van der Waals surface area contributed by atoms with Crippen molar-refractivity contribution >= 4 is 17.1 Å². The van der Waals surface area contributed by atoms with Gasteiger partial charge >= 0.3 is 0 Å². The molecule has 340 valence electrons. The van der Waals surface area contributed by atoms with E-state index in [1.807, 2.05) is 0 Å². The zero-order valence-corrected chi connectivity index (χ0v) is 41.4. The molecule has 2 aliphatic rings. The number of fused-ring (bicyclic) bond motifs is 6. The van der Waals surface area contributed by atoms with Gasteiger partial charge in [-0.3, -0.25) is 0 Å². The molecule has 0 aromatic heterocycles. The SMILES string of the molecule is CCCCc1ccc(N(c2ccc3c(c2)C(c2ccccc2)(c2ccc(C(C)(C)C)cc2)c2ccccc2-3)c2ccc3c(c2)C(c2ccccc2)(c2ccc(C(C)(C)C)cc2)c2ccccc2-3)cc1. The molecule has 0 spiro atoms. The maximum absolute atomic E-state index is 2.52. The van der Waals surface area contributed by atoms with Crippen molar-refractivity contribution in [3.8, 4) is 22.3 Å². The third kappa shape index (κ3) is 7.20. The highest BCUT2D eigenvalue weighted by atomic mass is 15.1. The number of anilines is 3. The van der Waals surface area contributed by atoms with Gasteiger partial charge in [0.25, 0.3) is 0 Å². The summed E-state index contributed by atoms with van der Waals surface area (Å²) >= 11 is 0. The van der Waals surface area contributed by atoms with Crippen LogP contribution in [-0.2, 0) is 28.1 Å². The third-order valence-corrected chi connectivity index (χ3v) is 15.4. The predicted octanol–water partition coefficient (Wildman–Crippen LogP) is 17.8. The molecule has 0 fully saturated rings. The molecule has 0 amide bonds. The lowest BCUT2D eigenvalue weighted by Gasteiger charge is -2.36. The monoisotopic (exact) mass is 893 g/mol. The highest BCUT2D eigenvalue weighted by Gasteiger charge is 2.48. The number of hydrogen-bond acceptors (Lipinski definition) is 1. The second-order valence-electron chi connectivity index (χ2n) is 21.5. The van der Waals surface area contributed by atoms with Gasteiger partial charge in [0.2, 0.25) is 0 Å². The van der Waals surface area contributed by atoms with Gasteiger partial charge in [0.05, 0.1) is 10.8 Å². The Kier molecular flexibility index (Phi) is 11.0. The Morgan fingerprint density at radius 3 is 1.12 bits per heavy atom. The number of benzene rings is 9. The molecule has 2 atom stereocenters. The van der Waals surface area contributed by atoms with E-state index in [9.17, 15) is 0 Å². The highest BCUT2D eigenvalue weighted by Crippen LogP contribution is 2.60. The van der Waals surface area contributed by atoms with Crippen molar-refractivity contribution < 1.29 is 0 Å². The van der Waals surface area contributed by atoms with Crippen LogP contribution < -0.4 is 4.90 Å². The Morgan fingerprint density at radius 1 is 0.348 bits per heavy atom. The Labute approximate surface area is 411 Å². The van der Waals surface area contributed by atoms with Crippen LogP contribution in [-0.4, -0.2) is 0 Å². The van der Waals surface area contributed by atoms with E-state index in [0.29, 0.717) is 0 Å². The number of hydrogen-bond donors (Lipinski definition) is 0. The number of unbranched alkanes of at least 4 members (excludes halogenated alkanes) is 1. The smallest absolute Gasteiger partial charge is 0.0714 e. The number of aryl methyl sites for hydroxylation is 1. The molecule has 9 aromatic carbocycles. The van der Waals surface area contributed by atoms with Gasteiger partial charge < -0.3 is 4.90 Å². The summed E-state index contributed by atoms with van der Waals surface area (Å²) in [5, 5.41) is 0. The second kappa shape index (κ2) is 17.1. The van der Waals surface area contributed by atoms with Crippen LogP contribution in [0.3, 0.4) is 0 Å². The normalized spacial score (nSPS) is 16.9. The van der Waals surface area contributed by atoms with E-state index in [0.717, 1.165) is 23.5 Å². The molecule has 0 aliphatic heterocycles. The lowest BCUT2D eigenvalue weighted by atomic mass is 9.67. The van der Waals surface area contributed by atoms with Crippen molar-refractivity contribution in [1.82, 2.24) is 0 Å². The third-order valence-electron chi connectivity index (χ3n) is 15.4. The molecule has 0 heterocycles. The van der Waals surface area contributed by atoms with Gasteiger partial charge in [0, 0.05) is 17.1 Å². The summed E-state index contributed by atoms with van der Waals surface area (Å²) in [5.41, 5.74) is 21.9. The minimum Gasteiger partial charge on any atom is -0.310 e. The van der Waals surface area contributed by atoms with Gasteiger partial charge in [-0.15, -0.1) is 0 Å². The standard InChI is InChI=1S/C68H63N/c1-8-9-20-47-29-39-54(40-30-47)69(55-41-43-59-57-25-16-18-27-61(57)67(63(59)45-55,50-21-12-10-13-22-50)52-35-31-48(32-36-52)65(2,3)4)56-42-44-60-58-26-17-19-28-62(58)68(64(60)46-56,51-23-14-11-15-24-51)53-37-33-49(34-38-53)66(5,6)7/h10-19,21-46H,8-9,20H2,1-7H3. The lowest BCUT2D eigenvalue weighted by Crippen LogP contribution is -2.29. The molecule has 9 aromatic rings. The quantitative estimate of drug-likeness (QED) is 0.132. The minimum atomic E-state index is -0.545. The fourth-order valence-corrected chi connectivity index (χ4v) is 11.8. The van der Waals surface area contributed by atoms with E-state index >= 15 is 0 Å². The van der Waals surface area contributed by atoms with Gasteiger partial charge in [-0.1, -0.05) is 237 Å². The average molecular weight is 894 g/mol. The molecule has 1 heteroatoms. The molecule has 1 nitrogen and oxygen atoms in total. The van der Waals surface area contributed by atoms with Crippen molar-refractivity contribution in [2.45, 2.75) is 89.4 Å². The van der Waals surface area contributed by atoms with Crippen molar-refractivity contribution in [2.24, 2.45) is 0 Å². The van der Waals surface area contributed by atoms with Gasteiger partial charge in [-0.2, -0.15) is 0 Å². The Hall–Kier alpha value is -7.22. The van der Waals surface area contributed by atoms with Crippen LogP contribution in [0.5, 0.6) is 0 Å². The molecule has 69 heavy (non-hydrogen) atoms. The van der Waals surface area contributed by atoms with Crippen LogP contribution >= 0.6 is 0 Å². The molecule has 2 aliphatic carbocycles. The van der Waals surface area contributed by atoms with E-state index < -0.39 is 10.8 Å². The molecule has 0 saturated heterocycles. The van der Waals surface area contributed by atoms with Gasteiger partial charge in [0.1, 0.15) is 0 Å². The minimum absolute atomic E-state index is 0.0366. The average Bonchev–Trinajstić information content (AvgIpc) is 3.84. The van der Waals surface area contributed by atoms with E-state index in [-0.39, 0.29) is 10.8 Å². The Morgan fingerprint density at radius 2 is 0.710 bits per heavy atom. The molecule has 0 bridgehead atoms. The van der Waals surface area contributed by atoms with Gasteiger partial charge in [-0.05, 0) is 144 Å². The van der Waals surface area contributed by atoms with Crippen molar-refractivity contribution in [3.05, 3.63) is 280 Å². The first-order chi connectivity index (χ1) is 33.4. The molecular formula is C68H63N. The summed E-state index contributed by atoms with van der Waals surface area (Å²) in [6.07, 6.45) is 3.43. The summed E-state index contributed by atoms with van der Waals surface area (Å²) in [5.74, 6) is 0. The van der Waals surface area contributed by atoms with Crippen LogP contribution in [0.25, 0.3) is 22.3 Å². The first kappa shape index (κ1) is 44.3. The first-order valence-corrected chi connectivity index (χ1v) is 25.1. The maximum Gasteiger partial charge on any atom is 0.0714 e. The summed E-state index contributed by atoms with van der Waals surface area (Å²) in [7, 11) is 0. The molecule has 0 N–H and O–H groups in total. The molecule has 0 radical (unpaired) electrons.